The number of pyridine rings is 2. The summed E-state index contributed by atoms with van der Waals surface area (Å²) in [6.07, 6.45) is 4.96. The van der Waals surface area contributed by atoms with Gasteiger partial charge in [0.1, 0.15) is 5.69 Å². The van der Waals surface area contributed by atoms with Gasteiger partial charge < -0.3 is 21.7 Å². The largest absolute Gasteiger partial charge is 0.355 e. The smallest absolute Gasteiger partial charge is 0.269 e. The van der Waals surface area contributed by atoms with E-state index >= 15 is 0 Å². The van der Waals surface area contributed by atoms with Crippen LogP contribution in [0.15, 0.2) is 73.1 Å². The van der Waals surface area contributed by atoms with E-state index in [1.54, 1.807) is 25.5 Å². The van der Waals surface area contributed by atoms with E-state index in [1.165, 1.54) is 0 Å². The topological polar surface area (TPSA) is 122 Å². The molecule has 2 amide bonds. The van der Waals surface area contributed by atoms with Crippen LogP contribution in [0.25, 0.3) is 22.0 Å². The monoisotopic (exact) mass is 468 g/mol. The van der Waals surface area contributed by atoms with Gasteiger partial charge in [-0.3, -0.25) is 19.6 Å². The molecule has 0 unspecified atom stereocenters. The van der Waals surface area contributed by atoms with Crippen LogP contribution in [0.1, 0.15) is 33.7 Å². The summed E-state index contributed by atoms with van der Waals surface area (Å²) >= 11 is 0. The summed E-state index contributed by atoms with van der Waals surface area (Å²) < 4.78 is 0. The maximum absolute atomic E-state index is 12.6. The van der Waals surface area contributed by atoms with E-state index in [9.17, 15) is 9.59 Å². The van der Waals surface area contributed by atoms with Crippen LogP contribution in [0.5, 0.6) is 0 Å². The van der Waals surface area contributed by atoms with Crippen molar-refractivity contribution in [2.24, 2.45) is 5.73 Å². The highest BCUT2D eigenvalue weighted by atomic mass is 16.2. The number of nitrogens with zero attached hydrogens (tertiary/aromatic N) is 2. The number of hydrogen-bond donors (Lipinski definition) is 4. The minimum Gasteiger partial charge on any atom is -0.355 e. The highest BCUT2D eigenvalue weighted by molar-refractivity contribution is 6.08. The third-order valence-electron chi connectivity index (χ3n) is 5.63. The maximum Gasteiger partial charge on any atom is 0.269 e. The van der Waals surface area contributed by atoms with E-state index in [2.05, 4.69) is 25.9 Å². The zero-order valence-corrected chi connectivity index (χ0v) is 19.5. The second kappa shape index (κ2) is 11.2. The van der Waals surface area contributed by atoms with Crippen molar-refractivity contribution >= 4 is 34.1 Å². The van der Waals surface area contributed by atoms with Crippen molar-refractivity contribution in [3.63, 3.8) is 0 Å². The molecule has 2 aromatic heterocycles. The molecule has 0 bridgehead atoms. The molecule has 2 heterocycles. The van der Waals surface area contributed by atoms with Gasteiger partial charge >= 0.3 is 0 Å². The number of nitrogens with one attached hydrogen (secondary N) is 3. The molecule has 5 N–H and O–H groups in total. The van der Waals surface area contributed by atoms with E-state index in [0.717, 1.165) is 40.6 Å². The van der Waals surface area contributed by atoms with Crippen molar-refractivity contribution in [3.05, 3.63) is 84.3 Å². The number of carbonyl (C=O) groups excluding carboxylic acids is 2. The standard InChI is InChI=1S/C27H28N6O2/c1-29-26(34)22-17-32-23-11-9-18(15-21(23)25(22)33-20-7-3-2-4-8-20)19-10-12-24(31-16-19)27(35)30-14-6-5-13-28/h2-4,7-12,15-17H,5-6,13-14,28H2,1H3,(H,29,34)(H,30,35)(H,32,33). The number of unbranched alkanes of at least 4 members (excludes halogenated alkanes) is 1. The lowest BCUT2D eigenvalue weighted by Gasteiger charge is -2.15. The van der Waals surface area contributed by atoms with Crippen molar-refractivity contribution < 1.29 is 9.59 Å². The van der Waals surface area contributed by atoms with Crippen LogP contribution in [0.3, 0.4) is 0 Å². The first kappa shape index (κ1) is 23.8. The predicted molar refractivity (Wildman–Crippen MR) is 139 cm³/mol. The van der Waals surface area contributed by atoms with Crippen molar-refractivity contribution in [1.82, 2.24) is 20.6 Å². The normalized spacial score (nSPS) is 10.7. The van der Waals surface area contributed by atoms with Crippen molar-refractivity contribution in [3.8, 4) is 11.1 Å². The maximum atomic E-state index is 12.6. The van der Waals surface area contributed by atoms with Crippen LogP contribution in [-0.4, -0.2) is 41.9 Å². The lowest BCUT2D eigenvalue weighted by molar-refractivity contribution is 0.0944. The van der Waals surface area contributed by atoms with Gasteiger partial charge in [0.05, 0.1) is 16.8 Å². The highest BCUT2D eigenvalue weighted by Gasteiger charge is 2.16. The first-order chi connectivity index (χ1) is 17.1. The number of nitrogens with two attached hydrogens (primary N) is 1. The fourth-order valence-corrected chi connectivity index (χ4v) is 3.74. The van der Waals surface area contributed by atoms with Crippen LogP contribution in [-0.2, 0) is 0 Å². The Morgan fingerprint density at radius 3 is 2.40 bits per heavy atom. The minimum atomic E-state index is -0.230. The van der Waals surface area contributed by atoms with E-state index in [0.29, 0.717) is 30.0 Å². The quantitative estimate of drug-likeness (QED) is 0.277. The molecule has 0 saturated heterocycles. The summed E-state index contributed by atoms with van der Waals surface area (Å²) in [5.41, 5.74) is 10.3. The number of benzene rings is 2. The van der Waals surface area contributed by atoms with Crippen LogP contribution in [0.2, 0.25) is 0 Å². The number of fused-ring (bicyclic) bond motifs is 1. The average Bonchev–Trinajstić information content (AvgIpc) is 2.91. The molecule has 0 spiro atoms. The van der Waals surface area contributed by atoms with Gasteiger partial charge in [0.2, 0.25) is 0 Å². The first-order valence-corrected chi connectivity index (χ1v) is 11.5. The van der Waals surface area contributed by atoms with Gasteiger partial charge in [-0.2, -0.15) is 0 Å². The fraction of sp³-hybridized carbons (Fsp3) is 0.185. The van der Waals surface area contributed by atoms with E-state index in [1.807, 2.05) is 54.6 Å². The Kier molecular flexibility index (Phi) is 7.64. The van der Waals surface area contributed by atoms with Gasteiger partial charge in [-0.05, 0) is 55.3 Å². The zero-order valence-electron chi connectivity index (χ0n) is 19.5. The van der Waals surface area contributed by atoms with Gasteiger partial charge in [-0.1, -0.05) is 30.3 Å². The van der Waals surface area contributed by atoms with Crippen molar-refractivity contribution in [1.29, 1.82) is 0 Å². The number of para-hydroxylation sites is 1. The minimum absolute atomic E-state index is 0.208. The molecule has 0 aliphatic heterocycles. The fourth-order valence-electron chi connectivity index (χ4n) is 3.74. The molecule has 8 nitrogen and oxygen atoms in total. The first-order valence-electron chi connectivity index (χ1n) is 11.5. The molecular weight excluding hydrogens is 440 g/mol. The second-order valence-corrected chi connectivity index (χ2v) is 8.03. The van der Waals surface area contributed by atoms with E-state index in [-0.39, 0.29) is 11.8 Å². The molecule has 0 radical (unpaired) electrons. The molecule has 0 aliphatic carbocycles. The van der Waals surface area contributed by atoms with Gasteiger partial charge in [-0.15, -0.1) is 0 Å². The Balaban J connectivity index is 1.67. The van der Waals surface area contributed by atoms with Gasteiger partial charge in [0, 0.05) is 42.6 Å². The number of hydrogen-bond acceptors (Lipinski definition) is 6. The van der Waals surface area contributed by atoms with Crippen LogP contribution in [0.4, 0.5) is 11.4 Å². The molecule has 0 aliphatic rings. The van der Waals surface area contributed by atoms with Crippen molar-refractivity contribution in [2.45, 2.75) is 12.8 Å². The number of amides is 2. The van der Waals surface area contributed by atoms with Crippen LogP contribution >= 0.6 is 0 Å². The Morgan fingerprint density at radius 1 is 0.886 bits per heavy atom. The number of aromatic nitrogens is 2. The summed E-state index contributed by atoms with van der Waals surface area (Å²) in [6.45, 7) is 1.18. The number of rotatable bonds is 9. The Hall–Kier alpha value is -4.30. The van der Waals surface area contributed by atoms with Crippen LogP contribution < -0.4 is 21.7 Å². The Morgan fingerprint density at radius 2 is 1.69 bits per heavy atom. The van der Waals surface area contributed by atoms with Crippen LogP contribution in [0, 0.1) is 0 Å². The second-order valence-electron chi connectivity index (χ2n) is 8.03. The molecule has 4 aromatic rings. The van der Waals surface area contributed by atoms with E-state index in [4.69, 9.17) is 5.73 Å². The Labute approximate surface area is 204 Å². The lowest BCUT2D eigenvalue weighted by atomic mass is 10.0. The van der Waals surface area contributed by atoms with Crippen molar-refractivity contribution in [2.75, 3.05) is 25.5 Å². The molecule has 178 valence electrons. The summed E-state index contributed by atoms with van der Waals surface area (Å²) in [6, 6.07) is 19.1. The van der Waals surface area contributed by atoms with E-state index < -0.39 is 0 Å². The molecule has 0 fully saturated rings. The van der Waals surface area contributed by atoms with Gasteiger partial charge in [0.25, 0.3) is 11.8 Å². The van der Waals surface area contributed by atoms with Gasteiger partial charge in [0.15, 0.2) is 0 Å². The molecule has 0 atom stereocenters. The number of carbonyl (C=O) groups is 2. The summed E-state index contributed by atoms with van der Waals surface area (Å²) in [5, 5.41) is 9.73. The predicted octanol–water partition coefficient (Wildman–Crippen LogP) is 3.87. The average molecular weight is 469 g/mol. The number of anilines is 2. The summed E-state index contributed by atoms with van der Waals surface area (Å²) in [4.78, 5) is 33.7. The zero-order chi connectivity index (χ0) is 24.6. The third-order valence-corrected chi connectivity index (χ3v) is 5.63. The Bertz CT molecular complexity index is 1320. The SMILES string of the molecule is CNC(=O)c1cnc2ccc(-c3ccc(C(=O)NCCCCN)nc3)cc2c1Nc1ccccc1. The molecule has 2 aromatic carbocycles. The highest BCUT2D eigenvalue weighted by Crippen LogP contribution is 2.32. The third kappa shape index (κ3) is 5.62. The lowest BCUT2D eigenvalue weighted by Crippen LogP contribution is -2.25. The molecular formula is C27H28N6O2. The molecule has 8 heteroatoms. The molecule has 0 saturated carbocycles. The molecule has 35 heavy (non-hydrogen) atoms. The molecule has 4 rings (SSSR count). The summed E-state index contributed by atoms with van der Waals surface area (Å²) in [5.74, 6) is -0.437. The van der Waals surface area contributed by atoms with Gasteiger partial charge in [-0.25, -0.2) is 0 Å². The summed E-state index contributed by atoms with van der Waals surface area (Å²) in [7, 11) is 1.59.